The van der Waals surface area contributed by atoms with Gasteiger partial charge in [0, 0.05) is 43.7 Å². The number of hydrogen-bond acceptors (Lipinski definition) is 5. The molecule has 5 rings (SSSR count). The summed E-state index contributed by atoms with van der Waals surface area (Å²) in [5.74, 6) is 1.64. The van der Waals surface area contributed by atoms with E-state index < -0.39 is 0 Å². The second-order valence-electron chi connectivity index (χ2n) is 7.45. The van der Waals surface area contributed by atoms with E-state index in [2.05, 4.69) is 20.6 Å². The van der Waals surface area contributed by atoms with Crippen LogP contribution in [-0.4, -0.2) is 37.4 Å². The quantitative estimate of drug-likeness (QED) is 0.754. The third kappa shape index (κ3) is 3.15. The molecule has 0 unspecified atom stereocenters. The van der Waals surface area contributed by atoms with Crippen molar-refractivity contribution in [2.45, 2.75) is 38.3 Å². The lowest BCUT2D eigenvalue weighted by atomic mass is 10.1. The van der Waals surface area contributed by atoms with Gasteiger partial charge in [-0.3, -0.25) is 4.68 Å². The number of carbonyl (C=O) groups excluding carboxylic acids is 1. The number of rotatable bonds is 4. The van der Waals surface area contributed by atoms with Gasteiger partial charge in [0.2, 0.25) is 0 Å². The third-order valence-corrected chi connectivity index (χ3v) is 5.40. The predicted molar refractivity (Wildman–Crippen MR) is 101 cm³/mol. The molecular formula is C20H22N6O2. The van der Waals surface area contributed by atoms with Crippen LogP contribution >= 0.6 is 0 Å². The minimum absolute atomic E-state index is 0.0755. The molecule has 1 aromatic carbocycles. The average Bonchev–Trinajstić information content (AvgIpc) is 3.37. The van der Waals surface area contributed by atoms with Crippen LogP contribution in [0.1, 0.15) is 41.4 Å². The molecule has 8 nitrogen and oxygen atoms in total. The zero-order valence-electron chi connectivity index (χ0n) is 15.8. The van der Waals surface area contributed by atoms with Crippen molar-refractivity contribution in [2.24, 2.45) is 7.05 Å². The number of nitrogens with one attached hydrogen (secondary N) is 1. The van der Waals surface area contributed by atoms with E-state index >= 15 is 0 Å². The number of aryl methyl sites for hydroxylation is 1. The summed E-state index contributed by atoms with van der Waals surface area (Å²) in [5, 5.41) is 11.7. The van der Waals surface area contributed by atoms with E-state index in [-0.39, 0.29) is 6.03 Å². The van der Waals surface area contributed by atoms with Crippen LogP contribution < -0.4 is 5.32 Å². The van der Waals surface area contributed by atoms with Crippen LogP contribution in [0.4, 0.5) is 4.79 Å². The maximum atomic E-state index is 12.7. The molecule has 1 saturated carbocycles. The summed E-state index contributed by atoms with van der Waals surface area (Å²) in [7, 11) is 1.92. The van der Waals surface area contributed by atoms with Crippen molar-refractivity contribution >= 4 is 6.03 Å². The second-order valence-corrected chi connectivity index (χ2v) is 7.45. The molecule has 2 amide bonds. The van der Waals surface area contributed by atoms with Gasteiger partial charge in [-0.05, 0) is 18.4 Å². The smallest absolute Gasteiger partial charge is 0.317 e. The fourth-order valence-corrected chi connectivity index (χ4v) is 3.66. The van der Waals surface area contributed by atoms with Crippen molar-refractivity contribution in [3.05, 3.63) is 53.0 Å². The zero-order chi connectivity index (χ0) is 19.1. The molecule has 1 N–H and O–H groups in total. The van der Waals surface area contributed by atoms with Crippen LogP contribution in [0.25, 0.3) is 11.6 Å². The lowest BCUT2D eigenvalue weighted by molar-refractivity contribution is 0.191. The van der Waals surface area contributed by atoms with Gasteiger partial charge in [-0.15, -0.1) is 0 Å². The normalized spacial score (nSPS) is 16.1. The highest BCUT2D eigenvalue weighted by molar-refractivity contribution is 5.75. The minimum atomic E-state index is -0.0755. The largest absolute Gasteiger partial charge is 0.334 e. The van der Waals surface area contributed by atoms with E-state index in [4.69, 9.17) is 4.52 Å². The molecule has 0 bridgehead atoms. The predicted octanol–water partition coefficient (Wildman–Crippen LogP) is 2.62. The van der Waals surface area contributed by atoms with E-state index in [0.29, 0.717) is 37.1 Å². The number of hydrogen-bond donors (Lipinski definition) is 1. The Labute approximate surface area is 162 Å². The second kappa shape index (κ2) is 6.78. The maximum absolute atomic E-state index is 12.7. The van der Waals surface area contributed by atoms with Gasteiger partial charge in [0.05, 0.1) is 6.54 Å². The van der Waals surface area contributed by atoms with Gasteiger partial charge in [0.15, 0.2) is 11.5 Å². The van der Waals surface area contributed by atoms with Crippen molar-refractivity contribution in [3.8, 4) is 11.6 Å². The van der Waals surface area contributed by atoms with Gasteiger partial charge in [0.25, 0.3) is 5.89 Å². The van der Waals surface area contributed by atoms with Gasteiger partial charge in [-0.2, -0.15) is 10.1 Å². The SMILES string of the molecule is Cn1nc(-c2nc(C3CC3)no2)c2c1CCN(C(=O)NCc1ccccc1)C2. The Balaban J connectivity index is 1.33. The summed E-state index contributed by atoms with van der Waals surface area (Å²) >= 11 is 0. The Hall–Kier alpha value is -3.16. The Morgan fingerprint density at radius 3 is 2.89 bits per heavy atom. The van der Waals surface area contributed by atoms with Crippen molar-refractivity contribution in [1.82, 2.24) is 30.1 Å². The summed E-state index contributed by atoms with van der Waals surface area (Å²) in [6.07, 6.45) is 2.99. The molecule has 0 spiro atoms. The monoisotopic (exact) mass is 378 g/mol. The molecule has 8 heteroatoms. The van der Waals surface area contributed by atoms with Gasteiger partial charge in [0.1, 0.15) is 0 Å². The number of carbonyl (C=O) groups is 1. The molecule has 0 radical (unpaired) electrons. The first-order valence-corrected chi connectivity index (χ1v) is 9.64. The summed E-state index contributed by atoms with van der Waals surface area (Å²) in [5.41, 5.74) is 3.88. The summed E-state index contributed by atoms with van der Waals surface area (Å²) in [6, 6.07) is 9.83. The molecule has 1 fully saturated rings. The van der Waals surface area contributed by atoms with E-state index in [0.717, 1.165) is 41.9 Å². The number of benzene rings is 1. The molecule has 0 atom stereocenters. The molecular weight excluding hydrogens is 356 g/mol. The number of nitrogens with zero attached hydrogens (tertiary/aromatic N) is 5. The number of fused-ring (bicyclic) bond motifs is 1. The summed E-state index contributed by atoms with van der Waals surface area (Å²) in [6.45, 7) is 1.65. The topological polar surface area (TPSA) is 89.1 Å². The fourth-order valence-electron chi connectivity index (χ4n) is 3.66. The number of aromatic nitrogens is 4. The minimum Gasteiger partial charge on any atom is -0.334 e. The first kappa shape index (κ1) is 17.0. The van der Waals surface area contributed by atoms with Gasteiger partial charge in [-0.25, -0.2) is 4.79 Å². The standard InChI is InChI=1S/C20H22N6O2/c1-25-16-9-10-26(20(27)21-11-13-5-3-2-4-6-13)12-15(16)17(23-25)19-22-18(24-28-19)14-7-8-14/h2-6,14H,7-12H2,1H3,(H,21,27). The third-order valence-electron chi connectivity index (χ3n) is 5.40. The fraction of sp³-hybridized carbons (Fsp3) is 0.400. The van der Waals surface area contributed by atoms with E-state index in [1.165, 1.54) is 0 Å². The van der Waals surface area contributed by atoms with Crippen molar-refractivity contribution in [1.29, 1.82) is 0 Å². The highest BCUT2D eigenvalue weighted by atomic mass is 16.5. The van der Waals surface area contributed by atoms with E-state index in [1.54, 1.807) is 0 Å². The number of amides is 2. The Morgan fingerprint density at radius 1 is 1.29 bits per heavy atom. The first-order valence-electron chi connectivity index (χ1n) is 9.64. The molecule has 2 aromatic heterocycles. The number of urea groups is 1. The highest BCUT2D eigenvalue weighted by Crippen LogP contribution is 2.39. The average molecular weight is 378 g/mol. The highest BCUT2D eigenvalue weighted by Gasteiger charge is 2.32. The maximum Gasteiger partial charge on any atom is 0.317 e. The van der Waals surface area contributed by atoms with Crippen LogP contribution in [0.5, 0.6) is 0 Å². The lowest BCUT2D eigenvalue weighted by Crippen LogP contribution is -2.42. The molecule has 144 valence electrons. The lowest BCUT2D eigenvalue weighted by Gasteiger charge is -2.27. The Bertz CT molecular complexity index is 1010. The van der Waals surface area contributed by atoms with Crippen LogP contribution in [0.3, 0.4) is 0 Å². The summed E-state index contributed by atoms with van der Waals surface area (Å²) in [4.78, 5) is 19.0. The van der Waals surface area contributed by atoms with Gasteiger partial charge < -0.3 is 14.7 Å². The Kier molecular flexibility index (Phi) is 4.11. The molecule has 1 aliphatic carbocycles. The Morgan fingerprint density at radius 2 is 2.11 bits per heavy atom. The molecule has 0 saturated heterocycles. The van der Waals surface area contributed by atoms with Gasteiger partial charge >= 0.3 is 6.03 Å². The molecule has 3 heterocycles. The van der Waals surface area contributed by atoms with Crippen molar-refractivity contribution in [2.75, 3.05) is 6.54 Å². The van der Waals surface area contributed by atoms with E-state index in [9.17, 15) is 4.79 Å². The van der Waals surface area contributed by atoms with Crippen LogP contribution in [0.2, 0.25) is 0 Å². The molecule has 28 heavy (non-hydrogen) atoms. The van der Waals surface area contributed by atoms with E-state index in [1.807, 2.05) is 47.0 Å². The first-order chi connectivity index (χ1) is 13.7. The van der Waals surface area contributed by atoms with Crippen molar-refractivity contribution in [3.63, 3.8) is 0 Å². The zero-order valence-corrected chi connectivity index (χ0v) is 15.8. The van der Waals surface area contributed by atoms with Gasteiger partial charge in [-0.1, -0.05) is 35.5 Å². The summed E-state index contributed by atoms with van der Waals surface area (Å²) < 4.78 is 7.34. The van der Waals surface area contributed by atoms with Crippen LogP contribution in [0, 0.1) is 0 Å². The van der Waals surface area contributed by atoms with Crippen LogP contribution in [0.15, 0.2) is 34.9 Å². The van der Waals surface area contributed by atoms with Crippen molar-refractivity contribution < 1.29 is 9.32 Å². The molecule has 3 aromatic rings. The molecule has 2 aliphatic rings. The van der Waals surface area contributed by atoms with Crippen LogP contribution in [-0.2, 0) is 26.6 Å². The molecule has 1 aliphatic heterocycles.